The van der Waals surface area contributed by atoms with Crippen molar-refractivity contribution in [3.05, 3.63) is 39.8 Å². The number of hydrogen-bond acceptors (Lipinski definition) is 8. The van der Waals surface area contributed by atoms with Crippen LogP contribution in [0.5, 0.6) is 5.75 Å². The second-order valence-electron chi connectivity index (χ2n) is 8.36. The minimum atomic E-state index is -0.904. The molecule has 0 aliphatic carbocycles. The summed E-state index contributed by atoms with van der Waals surface area (Å²) >= 11 is 1.72. The first kappa shape index (κ1) is 25.4. The van der Waals surface area contributed by atoms with Crippen molar-refractivity contribution in [2.75, 3.05) is 26.8 Å². The summed E-state index contributed by atoms with van der Waals surface area (Å²) in [6, 6.07) is 6.13. The van der Waals surface area contributed by atoms with Crippen molar-refractivity contribution in [3.8, 4) is 27.9 Å². The maximum Gasteiger partial charge on any atom is 0.268 e. The van der Waals surface area contributed by atoms with E-state index >= 15 is 0 Å². The third-order valence-corrected chi connectivity index (χ3v) is 6.70. The highest BCUT2D eigenvalue weighted by Crippen LogP contribution is 2.34. The first-order valence-electron chi connectivity index (χ1n) is 11.6. The predicted octanol–water partition coefficient (Wildman–Crippen LogP) is 4.47. The molecule has 0 amide bonds. The molecule has 0 fully saturated rings. The van der Waals surface area contributed by atoms with Crippen LogP contribution in [0.1, 0.15) is 48.8 Å². The van der Waals surface area contributed by atoms with Gasteiger partial charge in [-0.05, 0) is 74.7 Å². The van der Waals surface area contributed by atoms with Crippen LogP contribution in [0.15, 0.2) is 22.7 Å². The zero-order valence-electron chi connectivity index (χ0n) is 20.2. The van der Waals surface area contributed by atoms with Crippen molar-refractivity contribution in [1.82, 2.24) is 15.0 Å². The lowest BCUT2D eigenvalue weighted by Gasteiger charge is -2.16. The van der Waals surface area contributed by atoms with E-state index in [0.717, 1.165) is 59.7 Å². The molecule has 7 nitrogen and oxygen atoms in total. The van der Waals surface area contributed by atoms with Crippen LogP contribution in [0, 0.1) is 6.92 Å². The Balaban J connectivity index is 1.85. The number of aryl methyl sites for hydroxylation is 3. The number of aliphatic hydroxyl groups excluding tert-OH is 2. The van der Waals surface area contributed by atoms with Gasteiger partial charge in [0.25, 0.3) is 5.89 Å². The average Bonchev–Trinajstić information content (AvgIpc) is 3.44. The standard InChI is InChI=1S/C25H35N3O4S/c1-6-9-28(5)13-22-17(7-2)12-21(33-22)25-26-24(27-32-25)19-10-16(4)23(18(8-3)11-19)31-15-20(30)14-29/h10-12,20,29-30H,6-9,13-15H2,1-5H3. The first-order valence-corrected chi connectivity index (χ1v) is 12.4. The highest BCUT2D eigenvalue weighted by Gasteiger charge is 2.18. The van der Waals surface area contributed by atoms with E-state index in [1.54, 1.807) is 11.3 Å². The molecule has 0 saturated carbocycles. The van der Waals surface area contributed by atoms with Crippen molar-refractivity contribution >= 4 is 11.3 Å². The van der Waals surface area contributed by atoms with Gasteiger partial charge < -0.3 is 24.4 Å². The number of aliphatic hydroxyl groups is 2. The third-order valence-electron chi connectivity index (χ3n) is 5.55. The number of nitrogens with zero attached hydrogens (tertiary/aromatic N) is 3. The largest absolute Gasteiger partial charge is 0.490 e. The van der Waals surface area contributed by atoms with Crippen LogP contribution in [0.4, 0.5) is 0 Å². The zero-order valence-corrected chi connectivity index (χ0v) is 21.0. The second-order valence-corrected chi connectivity index (χ2v) is 9.49. The lowest BCUT2D eigenvalue weighted by atomic mass is 10.0. The van der Waals surface area contributed by atoms with Crippen LogP contribution >= 0.6 is 11.3 Å². The maximum atomic E-state index is 9.62. The number of benzene rings is 1. The minimum absolute atomic E-state index is 0.0456. The van der Waals surface area contributed by atoms with Gasteiger partial charge in [0, 0.05) is 17.0 Å². The Kier molecular flexibility index (Phi) is 9.02. The van der Waals surface area contributed by atoms with Crippen molar-refractivity contribution < 1.29 is 19.5 Å². The molecular formula is C25H35N3O4S. The molecule has 1 aromatic carbocycles. The number of hydrogen-bond donors (Lipinski definition) is 2. The smallest absolute Gasteiger partial charge is 0.268 e. The quantitative estimate of drug-likeness (QED) is 0.401. The SMILES string of the molecule is CCCN(C)Cc1sc(-c2nc(-c3cc(C)c(OCC(O)CO)c(CC)c3)no2)cc1CC. The number of rotatable bonds is 12. The molecular weight excluding hydrogens is 438 g/mol. The molecule has 2 N–H and O–H groups in total. The summed E-state index contributed by atoms with van der Waals surface area (Å²) in [4.78, 5) is 9.38. The van der Waals surface area contributed by atoms with Gasteiger partial charge in [-0.25, -0.2) is 0 Å². The molecule has 2 heterocycles. The highest BCUT2D eigenvalue weighted by molar-refractivity contribution is 7.15. The van der Waals surface area contributed by atoms with E-state index in [4.69, 9.17) is 19.4 Å². The molecule has 180 valence electrons. The minimum Gasteiger partial charge on any atom is -0.490 e. The van der Waals surface area contributed by atoms with Crippen molar-refractivity contribution in [3.63, 3.8) is 0 Å². The van der Waals surface area contributed by atoms with Crippen LogP contribution in [-0.2, 0) is 19.4 Å². The van der Waals surface area contributed by atoms with Crippen LogP contribution in [0.3, 0.4) is 0 Å². The van der Waals surface area contributed by atoms with Gasteiger partial charge in [-0.3, -0.25) is 0 Å². The first-order chi connectivity index (χ1) is 15.9. The highest BCUT2D eigenvalue weighted by atomic mass is 32.1. The van der Waals surface area contributed by atoms with Crippen molar-refractivity contribution in [2.24, 2.45) is 0 Å². The van der Waals surface area contributed by atoms with E-state index in [9.17, 15) is 5.11 Å². The maximum absolute atomic E-state index is 9.62. The molecule has 0 spiro atoms. The Morgan fingerprint density at radius 3 is 2.58 bits per heavy atom. The van der Waals surface area contributed by atoms with Gasteiger partial charge in [0.15, 0.2) is 0 Å². The third kappa shape index (κ3) is 6.20. The number of aromatic nitrogens is 2. The Morgan fingerprint density at radius 1 is 1.15 bits per heavy atom. The molecule has 1 unspecified atom stereocenters. The van der Waals surface area contributed by atoms with Crippen LogP contribution in [0.25, 0.3) is 22.2 Å². The van der Waals surface area contributed by atoms with Crippen LogP contribution in [-0.4, -0.2) is 58.2 Å². The molecule has 0 aliphatic heterocycles. The van der Waals surface area contributed by atoms with Gasteiger partial charge in [0.1, 0.15) is 18.5 Å². The van der Waals surface area contributed by atoms with E-state index in [1.165, 1.54) is 10.4 Å². The van der Waals surface area contributed by atoms with Gasteiger partial charge in [-0.15, -0.1) is 11.3 Å². The fraction of sp³-hybridized carbons (Fsp3) is 0.520. The number of ether oxygens (including phenoxy) is 1. The van der Waals surface area contributed by atoms with E-state index in [0.29, 0.717) is 11.7 Å². The zero-order chi connectivity index (χ0) is 24.0. The van der Waals surface area contributed by atoms with Crippen LogP contribution in [0.2, 0.25) is 0 Å². The van der Waals surface area contributed by atoms with E-state index in [2.05, 4.69) is 37.0 Å². The Morgan fingerprint density at radius 2 is 1.91 bits per heavy atom. The molecule has 3 rings (SSSR count). The lowest BCUT2D eigenvalue weighted by Crippen LogP contribution is -2.22. The van der Waals surface area contributed by atoms with E-state index in [-0.39, 0.29) is 13.2 Å². The van der Waals surface area contributed by atoms with Gasteiger partial charge in [0.2, 0.25) is 5.82 Å². The Bertz CT molecular complexity index is 1050. The predicted molar refractivity (Wildman–Crippen MR) is 132 cm³/mol. The van der Waals surface area contributed by atoms with E-state index < -0.39 is 6.10 Å². The Labute approximate surface area is 200 Å². The Hall–Kier alpha value is -2.26. The molecule has 3 aromatic rings. The summed E-state index contributed by atoms with van der Waals surface area (Å²) in [6.07, 6.45) is 1.95. The average molecular weight is 474 g/mol. The molecule has 0 radical (unpaired) electrons. The molecule has 33 heavy (non-hydrogen) atoms. The van der Waals surface area contributed by atoms with Gasteiger partial charge in [0.05, 0.1) is 11.5 Å². The molecule has 1 atom stereocenters. The normalized spacial score (nSPS) is 12.5. The fourth-order valence-corrected chi connectivity index (χ4v) is 5.09. The van der Waals surface area contributed by atoms with Crippen molar-refractivity contribution in [2.45, 2.75) is 59.6 Å². The summed E-state index contributed by atoms with van der Waals surface area (Å²) in [5, 5.41) is 22.9. The molecule has 0 saturated heterocycles. The molecule has 8 heteroatoms. The lowest BCUT2D eigenvalue weighted by molar-refractivity contribution is 0.0531. The van der Waals surface area contributed by atoms with E-state index in [1.807, 2.05) is 26.0 Å². The summed E-state index contributed by atoms with van der Waals surface area (Å²) in [5.41, 5.74) is 4.11. The fourth-order valence-electron chi connectivity index (χ4n) is 3.83. The summed E-state index contributed by atoms with van der Waals surface area (Å²) < 4.78 is 11.4. The van der Waals surface area contributed by atoms with Gasteiger partial charge >= 0.3 is 0 Å². The van der Waals surface area contributed by atoms with Crippen molar-refractivity contribution in [1.29, 1.82) is 0 Å². The number of thiophene rings is 1. The molecule has 0 aliphatic rings. The topological polar surface area (TPSA) is 91.9 Å². The van der Waals surface area contributed by atoms with Crippen LogP contribution < -0.4 is 4.74 Å². The summed E-state index contributed by atoms with van der Waals surface area (Å²) in [6.45, 7) is 10.1. The summed E-state index contributed by atoms with van der Waals surface area (Å²) in [7, 11) is 2.15. The molecule has 0 bridgehead atoms. The summed E-state index contributed by atoms with van der Waals surface area (Å²) in [5.74, 6) is 1.81. The monoisotopic (exact) mass is 473 g/mol. The molecule has 2 aromatic heterocycles. The second kappa shape index (κ2) is 11.7. The van der Waals surface area contributed by atoms with Gasteiger partial charge in [-0.1, -0.05) is 25.9 Å². The van der Waals surface area contributed by atoms with Gasteiger partial charge in [-0.2, -0.15) is 4.98 Å².